The van der Waals surface area contributed by atoms with E-state index in [1.54, 1.807) is 0 Å². The maximum atomic E-state index is 5.38. The van der Waals surface area contributed by atoms with Gasteiger partial charge < -0.3 is 9.97 Å². The van der Waals surface area contributed by atoms with Crippen molar-refractivity contribution >= 4 is 46.4 Å². The first-order valence-electron chi connectivity index (χ1n) is 17.0. The normalized spacial score (nSPS) is 12.0. The van der Waals surface area contributed by atoms with Gasteiger partial charge in [-0.25, -0.2) is 9.97 Å². The molecule has 5 heterocycles. The topological polar surface area (TPSA) is 57.4 Å². The first-order valence-corrected chi connectivity index (χ1v) is 17.0. The third kappa shape index (κ3) is 5.28. The summed E-state index contributed by atoms with van der Waals surface area (Å²) in [6.45, 7) is 4.24. The summed E-state index contributed by atoms with van der Waals surface area (Å²) in [4.78, 5) is 18.4. The van der Waals surface area contributed by atoms with Crippen LogP contribution in [0.5, 0.6) is 0 Å². The van der Waals surface area contributed by atoms with E-state index in [9.17, 15) is 0 Å². The van der Waals surface area contributed by atoms with Crippen LogP contribution in [-0.2, 0) is 0 Å². The molecule has 2 aliphatic heterocycles. The second-order valence-electron chi connectivity index (χ2n) is 13.0. The Labute approximate surface area is 291 Å². The van der Waals surface area contributed by atoms with Crippen molar-refractivity contribution < 1.29 is 0 Å². The summed E-state index contributed by atoms with van der Waals surface area (Å²) in [5, 5.41) is 0. The zero-order chi connectivity index (χ0) is 33.6. The lowest BCUT2D eigenvalue weighted by Gasteiger charge is -2.07. The number of aromatic nitrogens is 4. The summed E-state index contributed by atoms with van der Waals surface area (Å²) in [6, 6.07) is 47.1. The van der Waals surface area contributed by atoms with Crippen LogP contribution in [0.3, 0.4) is 0 Å². The lowest BCUT2D eigenvalue weighted by atomic mass is 10.0. The zero-order valence-corrected chi connectivity index (χ0v) is 27.9. The Morgan fingerprint density at radius 1 is 0.320 bits per heavy atom. The molecule has 0 atom stereocenters. The van der Waals surface area contributed by atoms with Crippen molar-refractivity contribution in [3.63, 3.8) is 0 Å². The molecule has 0 saturated carbocycles. The molecule has 238 valence electrons. The first-order chi connectivity index (χ1) is 24.6. The third-order valence-corrected chi connectivity index (χ3v) is 9.56. The smallest absolute Gasteiger partial charge is 0.0737 e. The molecule has 3 aromatic heterocycles. The average Bonchev–Trinajstić information content (AvgIpc) is 3.98. The molecule has 0 spiro atoms. The van der Waals surface area contributed by atoms with E-state index in [0.29, 0.717) is 0 Å². The van der Waals surface area contributed by atoms with Gasteiger partial charge in [0.2, 0.25) is 0 Å². The maximum absolute atomic E-state index is 5.38. The Balaban J connectivity index is 1.48. The molecule has 2 aliphatic rings. The second-order valence-corrected chi connectivity index (χ2v) is 13.0. The number of H-pyrrole nitrogens is 2. The van der Waals surface area contributed by atoms with Gasteiger partial charge in [0, 0.05) is 44.3 Å². The van der Waals surface area contributed by atoms with E-state index in [-0.39, 0.29) is 0 Å². The summed E-state index contributed by atoms with van der Waals surface area (Å²) in [5.74, 6) is 0. The number of benzene rings is 4. The van der Waals surface area contributed by atoms with Crippen LogP contribution in [-0.4, -0.2) is 19.9 Å². The molecule has 4 aromatic carbocycles. The Morgan fingerprint density at radius 2 is 0.600 bits per heavy atom. The number of hydrogen-bond acceptors (Lipinski definition) is 2. The highest BCUT2D eigenvalue weighted by Gasteiger charge is 2.18. The predicted octanol–water partition coefficient (Wildman–Crippen LogP) is 11.9. The van der Waals surface area contributed by atoms with E-state index in [1.807, 2.05) is 0 Å². The molecule has 4 nitrogen and oxygen atoms in total. The van der Waals surface area contributed by atoms with Gasteiger partial charge in [0.25, 0.3) is 0 Å². The van der Waals surface area contributed by atoms with Gasteiger partial charge in [-0.3, -0.25) is 0 Å². The minimum atomic E-state index is 0.907. The number of nitrogens with zero attached hydrogens (tertiary/aromatic N) is 2. The van der Waals surface area contributed by atoms with Crippen LogP contribution in [0.2, 0.25) is 0 Å². The van der Waals surface area contributed by atoms with Crippen molar-refractivity contribution in [2.45, 2.75) is 13.8 Å². The van der Waals surface area contributed by atoms with E-state index in [2.05, 4.69) is 182 Å². The van der Waals surface area contributed by atoms with Crippen molar-refractivity contribution in [1.29, 1.82) is 0 Å². The minimum Gasteiger partial charge on any atom is -0.354 e. The van der Waals surface area contributed by atoms with Gasteiger partial charge in [-0.05, 0) is 84.7 Å². The molecule has 7 aromatic rings. The third-order valence-electron chi connectivity index (χ3n) is 9.56. The quantitative estimate of drug-likeness (QED) is 0.201. The summed E-state index contributed by atoms with van der Waals surface area (Å²) in [7, 11) is 0. The van der Waals surface area contributed by atoms with Gasteiger partial charge in [-0.15, -0.1) is 0 Å². The molecule has 2 N–H and O–H groups in total. The highest BCUT2D eigenvalue weighted by molar-refractivity contribution is 5.99. The number of aromatic amines is 2. The first kappa shape index (κ1) is 29.6. The van der Waals surface area contributed by atoms with Crippen molar-refractivity contribution in [2.24, 2.45) is 0 Å². The number of rotatable bonds is 4. The van der Waals surface area contributed by atoms with Crippen LogP contribution in [0.15, 0.2) is 133 Å². The number of aryl methyl sites for hydroxylation is 2. The Bertz CT molecular complexity index is 2440. The van der Waals surface area contributed by atoms with Gasteiger partial charge in [0.05, 0.1) is 22.8 Å². The van der Waals surface area contributed by atoms with Crippen LogP contribution in [0.1, 0.15) is 33.9 Å². The van der Waals surface area contributed by atoms with Gasteiger partial charge in [0.15, 0.2) is 0 Å². The van der Waals surface area contributed by atoms with E-state index in [0.717, 1.165) is 89.4 Å². The molecule has 9 rings (SSSR count). The number of nitrogens with one attached hydrogen (secondary N) is 2. The largest absolute Gasteiger partial charge is 0.354 e. The molecule has 50 heavy (non-hydrogen) atoms. The maximum Gasteiger partial charge on any atom is 0.0737 e. The Morgan fingerprint density at radius 3 is 0.900 bits per heavy atom. The molecule has 0 fully saturated rings. The molecular weight excluding hydrogens is 609 g/mol. The van der Waals surface area contributed by atoms with Gasteiger partial charge in [-0.1, -0.05) is 120 Å². The monoisotopic (exact) mass is 642 g/mol. The summed E-state index contributed by atoms with van der Waals surface area (Å²) in [5.41, 5.74) is 18.6. The van der Waals surface area contributed by atoms with Crippen LogP contribution in [0.25, 0.3) is 90.9 Å². The number of fused-ring (bicyclic) bond motifs is 8. The van der Waals surface area contributed by atoms with Crippen molar-refractivity contribution in [2.75, 3.05) is 0 Å². The van der Waals surface area contributed by atoms with Gasteiger partial charge in [-0.2, -0.15) is 0 Å². The summed E-state index contributed by atoms with van der Waals surface area (Å²) in [6.07, 6.45) is 8.58. The van der Waals surface area contributed by atoms with E-state index >= 15 is 0 Å². The summed E-state index contributed by atoms with van der Waals surface area (Å²) >= 11 is 0. The Kier molecular flexibility index (Phi) is 7.21. The molecule has 0 unspecified atom stereocenters. The lowest BCUT2D eigenvalue weighted by molar-refractivity contribution is 1.31. The van der Waals surface area contributed by atoms with E-state index in [1.165, 1.54) is 11.1 Å². The summed E-state index contributed by atoms with van der Waals surface area (Å²) < 4.78 is 0. The molecule has 4 heteroatoms. The number of hydrogen-bond donors (Lipinski definition) is 2. The zero-order valence-electron chi connectivity index (χ0n) is 27.9. The SMILES string of the molecule is Cc1ccc(-c2c3nc(c(-c4ccccc4)c4ccc([nH]4)c(-c4ccccc4)c4nc(c(-c5ccc(C)cc5)c5ccc2[nH]5)C=C4)C=C3)cc1. The van der Waals surface area contributed by atoms with Crippen molar-refractivity contribution in [3.05, 3.63) is 167 Å². The highest BCUT2D eigenvalue weighted by Crippen LogP contribution is 2.38. The standard InChI is InChI=1S/C46H34N4/c1-29-13-17-33(18-14-29)45-39-25-23-37(48-39)43(31-9-5-3-6-10-31)35-21-22-36(47-35)44(32-11-7-4-8-12-32)38-24-26-40(49-38)46(42-28-27-41(45)50-42)34-19-15-30(2)16-20-34/h3-28,47,50H,1-2H3. The molecule has 0 amide bonds. The molecular formula is C46H34N4. The van der Waals surface area contributed by atoms with Crippen LogP contribution < -0.4 is 0 Å². The molecule has 0 radical (unpaired) electrons. The lowest BCUT2D eigenvalue weighted by Crippen LogP contribution is -1.90. The fourth-order valence-corrected chi connectivity index (χ4v) is 7.07. The van der Waals surface area contributed by atoms with Gasteiger partial charge >= 0.3 is 0 Å². The molecule has 0 saturated heterocycles. The van der Waals surface area contributed by atoms with Crippen LogP contribution in [0.4, 0.5) is 0 Å². The molecule has 0 aliphatic carbocycles. The minimum absolute atomic E-state index is 0.907. The van der Waals surface area contributed by atoms with E-state index < -0.39 is 0 Å². The second kappa shape index (κ2) is 12.2. The average molecular weight is 643 g/mol. The fraction of sp³-hybridized carbons (Fsp3) is 0.0435. The highest BCUT2D eigenvalue weighted by atomic mass is 14.8. The van der Waals surface area contributed by atoms with E-state index in [4.69, 9.17) is 9.97 Å². The van der Waals surface area contributed by atoms with Gasteiger partial charge in [0.1, 0.15) is 0 Å². The Hall–Kier alpha value is -6.52. The van der Waals surface area contributed by atoms with Crippen LogP contribution >= 0.6 is 0 Å². The van der Waals surface area contributed by atoms with Crippen molar-refractivity contribution in [3.8, 4) is 44.5 Å². The molecule has 8 bridgehead atoms. The van der Waals surface area contributed by atoms with Crippen molar-refractivity contribution in [1.82, 2.24) is 19.9 Å². The fourth-order valence-electron chi connectivity index (χ4n) is 7.07. The predicted molar refractivity (Wildman–Crippen MR) is 210 cm³/mol. The van der Waals surface area contributed by atoms with Crippen LogP contribution in [0, 0.1) is 13.8 Å².